The molecule has 0 spiro atoms. The number of halogens is 1. The highest BCUT2D eigenvalue weighted by Crippen LogP contribution is 2.20. The van der Waals surface area contributed by atoms with E-state index in [-0.39, 0.29) is 23.3 Å². The summed E-state index contributed by atoms with van der Waals surface area (Å²) >= 11 is 0. The number of rotatable bonds is 4. The average molecular weight is 345 g/mol. The van der Waals surface area contributed by atoms with Crippen LogP contribution in [-0.2, 0) is 11.3 Å². The van der Waals surface area contributed by atoms with Crippen LogP contribution in [0.15, 0.2) is 45.6 Å². The zero-order valence-corrected chi connectivity index (χ0v) is 13.0. The number of hydrogen-bond acceptors (Lipinski definition) is 5. The maximum Gasteiger partial charge on any atom is 0.420 e. The molecule has 1 N–H and O–H groups in total. The van der Waals surface area contributed by atoms with Gasteiger partial charge in [0.25, 0.3) is 5.69 Å². The molecule has 0 saturated heterocycles. The zero-order valence-electron chi connectivity index (χ0n) is 13.0. The van der Waals surface area contributed by atoms with Crippen LogP contribution in [0.3, 0.4) is 0 Å². The molecule has 0 aliphatic carbocycles. The highest BCUT2D eigenvalue weighted by Gasteiger charge is 2.16. The number of amides is 1. The van der Waals surface area contributed by atoms with E-state index in [1.165, 1.54) is 30.3 Å². The van der Waals surface area contributed by atoms with Gasteiger partial charge in [-0.15, -0.1) is 0 Å². The quantitative estimate of drug-likeness (QED) is 0.578. The number of hydrogen-bond donors (Lipinski definition) is 1. The van der Waals surface area contributed by atoms with Gasteiger partial charge in [-0.25, -0.2) is 9.18 Å². The SMILES string of the molecule is Cc1cc(F)ccc1NC(=O)Cn1c(=O)oc2cc([N+](=O)[O-])ccc21. The topological polar surface area (TPSA) is 107 Å². The van der Waals surface area contributed by atoms with Gasteiger partial charge >= 0.3 is 5.76 Å². The van der Waals surface area contributed by atoms with E-state index in [2.05, 4.69) is 5.32 Å². The van der Waals surface area contributed by atoms with Gasteiger partial charge in [0.2, 0.25) is 5.91 Å². The standard InChI is InChI=1S/C16H12FN3O5/c1-9-6-10(17)2-4-12(9)18-15(21)8-19-13-5-3-11(20(23)24)7-14(13)25-16(19)22/h2-7H,8H2,1H3,(H,18,21). The minimum Gasteiger partial charge on any atom is -0.407 e. The number of aryl methyl sites for hydroxylation is 1. The maximum atomic E-state index is 13.1. The predicted molar refractivity (Wildman–Crippen MR) is 86.9 cm³/mol. The van der Waals surface area contributed by atoms with Crippen molar-refractivity contribution in [2.45, 2.75) is 13.5 Å². The largest absolute Gasteiger partial charge is 0.420 e. The smallest absolute Gasteiger partial charge is 0.407 e. The molecular formula is C16H12FN3O5. The van der Waals surface area contributed by atoms with Crippen molar-refractivity contribution in [3.8, 4) is 0 Å². The predicted octanol–water partition coefficient (Wildman–Crippen LogP) is 2.59. The van der Waals surface area contributed by atoms with Gasteiger partial charge in [-0.2, -0.15) is 0 Å². The number of fused-ring (bicyclic) bond motifs is 1. The molecule has 1 amide bonds. The Morgan fingerprint density at radius 1 is 1.32 bits per heavy atom. The molecule has 3 rings (SSSR count). The fraction of sp³-hybridized carbons (Fsp3) is 0.125. The molecule has 128 valence electrons. The summed E-state index contributed by atoms with van der Waals surface area (Å²) in [5, 5.41) is 13.3. The number of carbonyl (C=O) groups is 1. The molecule has 0 aliphatic heterocycles. The number of anilines is 1. The second-order valence-electron chi connectivity index (χ2n) is 5.37. The second-order valence-corrected chi connectivity index (χ2v) is 5.37. The Bertz CT molecular complexity index is 1050. The molecule has 1 heterocycles. The van der Waals surface area contributed by atoms with Crippen molar-refractivity contribution in [3.63, 3.8) is 0 Å². The number of nitro groups is 1. The number of non-ortho nitro benzene ring substituents is 1. The maximum absolute atomic E-state index is 13.1. The molecule has 0 aliphatic rings. The fourth-order valence-corrected chi connectivity index (χ4v) is 2.42. The molecular weight excluding hydrogens is 333 g/mol. The van der Waals surface area contributed by atoms with Crippen molar-refractivity contribution in [1.29, 1.82) is 0 Å². The molecule has 0 saturated carbocycles. The van der Waals surface area contributed by atoms with Crippen LogP contribution in [-0.4, -0.2) is 15.4 Å². The first-order chi connectivity index (χ1) is 11.8. The normalized spacial score (nSPS) is 10.8. The average Bonchev–Trinajstić information content (AvgIpc) is 2.85. The van der Waals surface area contributed by atoms with Gasteiger partial charge in [-0.1, -0.05) is 0 Å². The zero-order chi connectivity index (χ0) is 18.1. The Morgan fingerprint density at radius 3 is 2.76 bits per heavy atom. The first-order valence-electron chi connectivity index (χ1n) is 7.19. The van der Waals surface area contributed by atoms with Crippen LogP contribution in [0.25, 0.3) is 11.1 Å². The molecule has 0 radical (unpaired) electrons. The number of oxazole rings is 1. The van der Waals surface area contributed by atoms with Gasteiger partial charge in [0.15, 0.2) is 5.58 Å². The third-order valence-electron chi connectivity index (χ3n) is 3.63. The van der Waals surface area contributed by atoms with Crippen LogP contribution in [0.4, 0.5) is 15.8 Å². The van der Waals surface area contributed by atoms with Gasteiger partial charge in [0, 0.05) is 11.8 Å². The van der Waals surface area contributed by atoms with E-state index >= 15 is 0 Å². The van der Waals surface area contributed by atoms with Crippen molar-refractivity contribution in [2.75, 3.05) is 5.32 Å². The Labute approximate surface area is 139 Å². The highest BCUT2D eigenvalue weighted by molar-refractivity contribution is 5.92. The van der Waals surface area contributed by atoms with Crippen LogP contribution in [0, 0.1) is 22.9 Å². The second kappa shape index (κ2) is 6.19. The molecule has 25 heavy (non-hydrogen) atoms. The number of nitrogens with one attached hydrogen (secondary N) is 1. The minimum atomic E-state index is -0.804. The van der Waals surface area contributed by atoms with Crippen molar-refractivity contribution in [2.24, 2.45) is 0 Å². The molecule has 0 unspecified atom stereocenters. The Morgan fingerprint density at radius 2 is 2.08 bits per heavy atom. The summed E-state index contributed by atoms with van der Waals surface area (Å²) in [6.45, 7) is 1.29. The van der Waals surface area contributed by atoms with Crippen molar-refractivity contribution < 1.29 is 18.5 Å². The van der Waals surface area contributed by atoms with Gasteiger partial charge in [-0.3, -0.25) is 19.5 Å². The first-order valence-corrected chi connectivity index (χ1v) is 7.19. The van der Waals surface area contributed by atoms with E-state index in [4.69, 9.17) is 4.42 Å². The summed E-state index contributed by atoms with van der Waals surface area (Å²) in [4.78, 5) is 34.2. The number of nitro benzene ring substituents is 1. The molecule has 9 heteroatoms. The lowest BCUT2D eigenvalue weighted by atomic mass is 10.2. The van der Waals surface area contributed by atoms with Crippen LogP contribution < -0.4 is 11.1 Å². The third kappa shape index (κ3) is 3.25. The molecule has 2 aromatic carbocycles. The van der Waals surface area contributed by atoms with Crippen molar-refractivity contribution in [3.05, 3.63) is 68.4 Å². The van der Waals surface area contributed by atoms with Crippen LogP contribution in [0.5, 0.6) is 0 Å². The molecule has 8 nitrogen and oxygen atoms in total. The minimum absolute atomic E-state index is 0.0185. The van der Waals surface area contributed by atoms with Crippen LogP contribution >= 0.6 is 0 Å². The number of aromatic nitrogens is 1. The lowest BCUT2D eigenvalue weighted by Crippen LogP contribution is -2.25. The van der Waals surface area contributed by atoms with Crippen LogP contribution in [0.2, 0.25) is 0 Å². The number of benzene rings is 2. The Balaban J connectivity index is 1.87. The monoisotopic (exact) mass is 345 g/mol. The van der Waals surface area contributed by atoms with Crippen molar-refractivity contribution >= 4 is 28.4 Å². The molecule has 3 aromatic rings. The number of carbonyl (C=O) groups excluding carboxylic acids is 1. The molecule has 1 aromatic heterocycles. The fourth-order valence-electron chi connectivity index (χ4n) is 2.42. The summed E-state index contributed by atoms with van der Waals surface area (Å²) in [5.41, 5.74) is 1.02. The van der Waals surface area contributed by atoms with E-state index < -0.39 is 22.4 Å². The van der Waals surface area contributed by atoms with E-state index in [9.17, 15) is 24.1 Å². The van der Waals surface area contributed by atoms with Gasteiger partial charge in [0.1, 0.15) is 12.4 Å². The summed E-state index contributed by atoms with van der Waals surface area (Å²) < 4.78 is 19.1. The van der Waals surface area contributed by atoms with E-state index in [0.29, 0.717) is 11.3 Å². The Kier molecular flexibility index (Phi) is 4.05. The summed E-state index contributed by atoms with van der Waals surface area (Å²) in [6.07, 6.45) is 0. The first kappa shape index (κ1) is 16.4. The van der Waals surface area contributed by atoms with E-state index in [0.717, 1.165) is 10.6 Å². The van der Waals surface area contributed by atoms with Gasteiger partial charge < -0.3 is 9.73 Å². The highest BCUT2D eigenvalue weighted by atomic mass is 19.1. The Hall–Kier alpha value is -3.49. The van der Waals surface area contributed by atoms with Crippen LogP contribution in [0.1, 0.15) is 5.56 Å². The molecule has 0 fully saturated rings. The summed E-state index contributed by atoms with van der Waals surface area (Å²) in [7, 11) is 0. The third-order valence-corrected chi connectivity index (χ3v) is 3.63. The van der Waals surface area contributed by atoms with E-state index in [1.54, 1.807) is 6.92 Å². The lowest BCUT2D eigenvalue weighted by Gasteiger charge is -2.08. The molecule has 0 atom stereocenters. The summed E-state index contributed by atoms with van der Waals surface area (Å²) in [5.74, 6) is -1.74. The van der Waals surface area contributed by atoms with Gasteiger partial charge in [0.05, 0.1) is 16.5 Å². The molecule has 0 bridgehead atoms. The number of nitrogens with zero attached hydrogens (tertiary/aromatic N) is 2. The van der Waals surface area contributed by atoms with Crippen molar-refractivity contribution in [1.82, 2.24) is 4.57 Å². The summed E-state index contributed by atoms with van der Waals surface area (Å²) in [6, 6.07) is 7.58. The van der Waals surface area contributed by atoms with E-state index in [1.807, 2.05) is 0 Å². The lowest BCUT2D eigenvalue weighted by molar-refractivity contribution is -0.384. The van der Waals surface area contributed by atoms with Gasteiger partial charge in [-0.05, 0) is 36.8 Å².